The van der Waals surface area contributed by atoms with Crippen LogP contribution in [-0.4, -0.2) is 0 Å². The van der Waals surface area contributed by atoms with Crippen LogP contribution < -0.4 is 11.3 Å². The molecule has 0 spiro atoms. The van der Waals surface area contributed by atoms with E-state index in [1.807, 2.05) is 0 Å². The molecule has 1 unspecified atom stereocenters. The Balaban J connectivity index is 2.17. The van der Waals surface area contributed by atoms with Crippen molar-refractivity contribution >= 4 is 33.9 Å². The second-order valence-corrected chi connectivity index (χ2v) is 7.33. The molecule has 0 aliphatic rings. The lowest BCUT2D eigenvalue weighted by Crippen LogP contribution is -2.29. The summed E-state index contributed by atoms with van der Waals surface area (Å²) in [6.45, 7) is 4.29. The van der Waals surface area contributed by atoms with Gasteiger partial charge in [0.05, 0.1) is 8.93 Å². The number of benzene rings is 1. The summed E-state index contributed by atoms with van der Waals surface area (Å²) in [5.74, 6) is 5.68. The molecule has 3 N–H and O–H groups in total. The summed E-state index contributed by atoms with van der Waals surface area (Å²) in [6, 6.07) is 8.99. The molecule has 0 bridgehead atoms. The molecule has 0 aliphatic heterocycles. The first kappa shape index (κ1) is 14.0. The zero-order valence-electron chi connectivity index (χ0n) is 10.5. The summed E-state index contributed by atoms with van der Waals surface area (Å²) < 4.78 is 1.29. The van der Waals surface area contributed by atoms with Gasteiger partial charge in [-0.25, -0.2) is 0 Å². The molecule has 1 atom stereocenters. The second-order valence-electron chi connectivity index (χ2n) is 4.53. The normalized spacial score (nSPS) is 12.7. The molecule has 0 aliphatic carbocycles. The Hall–Kier alpha value is -0.430. The van der Waals surface area contributed by atoms with E-state index in [2.05, 4.69) is 71.5 Å². The Labute approximate surface area is 126 Å². The molecule has 2 aromatic rings. The van der Waals surface area contributed by atoms with Gasteiger partial charge < -0.3 is 0 Å². The van der Waals surface area contributed by atoms with Gasteiger partial charge in [0.1, 0.15) is 0 Å². The summed E-state index contributed by atoms with van der Waals surface area (Å²) in [7, 11) is 0. The van der Waals surface area contributed by atoms with E-state index in [4.69, 9.17) is 5.84 Å². The Morgan fingerprint density at radius 1 is 1.28 bits per heavy atom. The molecular weight excluding hydrogens is 355 g/mol. The van der Waals surface area contributed by atoms with Crippen molar-refractivity contribution in [3.05, 3.63) is 54.8 Å². The zero-order chi connectivity index (χ0) is 13.1. The number of rotatable bonds is 4. The Bertz CT molecular complexity index is 536. The van der Waals surface area contributed by atoms with Crippen molar-refractivity contribution in [2.24, 2.45) is 5.84 Å². The smallest absolute Gasteiger partial charge is 0.0656 e. The summed E-state index contributed by atoms with van der Waals surface area (Å²) >= 11 is 4.10. The maximum absolute atomic E-state index is 5.68. The van der Waals surface area contributed by atoms with Gasteiger partial charge in [-0.15, -0.1) is 11.3 Å². The molecule has 4 heteroatoms. The van der Waals surface area contributed by atoms with Crippen molar-refractivity contribution < 1.29 is 0 Å². The molecule has 96 valence electrons. The first-order chi connectivity index (χ1) is 8.60. The van der Waals surface area contributed by atoms with E-state index < -0.39 is 0 Å². The molecule has 18 heavy (non-hydrogen) atoms. The lowest BCUT2D eigenvalue weighted by Gasteiger charge is -2.15. The van der Waals surface area contributed by atoms with Crippen LogP contribution in [0, 0.1) is 16.7 Å². The van der Waals surface area contributed by atoms with Crippen LogP contribution >= 0.6 is 33.9 Å². The fraction of sp³-hybridized carbons (Fsp3) is 0.286. The highest BCUT2D eigenvalue weighted by atomic mass is 127. The molecule has 1 aromatic heterocycles. The summed E-state index contributed by atoms with van der Waals surface area (Å²) in [6.07, 6.45) is 0.921. The summed E-state index contributed by atoms with van der Waals surface area (Å²) in [4.78, 5) is 0. The minimum absolute atomic E-state index is 0.187. The fourth-order valence-electron chi connectivity index (χ4n) is 1.95. The molecular formula is C14H17IN2S. The van der Waals surface area contributed by atoms with Crippen LogP contribution in [0.5, 0.6) is 0 Å². The van der Waals surface area contributed by atoms with E-state index in [1.165, 1.54) is 25.1 Å². The molecule has 0 saturated heterocycles. The van der Waals surface area contributed by atoms with Crippen LogP contribution in [0.15, 0.2) is 29.6 Å². The number of nitrogens with two attached hydrogens (primary N) is 1. The van der Waals surface area contributed by atoms with Crippen molar-refractivity contribution in [1.29, 1.82) is 0 Å². The lowest BCUT2D eigenvalue weighted by atomic mass is 9.98. The van der Waals surface area contributed by atoms with Crippen LogP contribution in [0.3, 0.4) is 0 Å². The van der Waals surface area contributed by atoms with E-state index in [9.17, 15) is 0 Å². The van der Waals surface area contributed by atoms with Gasteiger partial charge in [0, 0.05) is 0 Å². The van der Waals surface area contributed by atoms with Crippen molar-refractivity contribution in [3.63, 3.8) is 0 Å². The zero-order valence-corrected chi connectivity index (χ0v) is 13.5. The van der Waals surface area contributed by atoms with Crippen LogP contribution in [0.4, 0.5) is 0 Å². The van der Waals surface area contributed by atoms with Gasteiger partial charge in [0.25, 0.3) is 0 Å². The highest BCUT2D eigenvalue weighted by Gasteiger charge is 2.12. The molecule has 2 rings (SSSR count). The van der Waals surface area contributed by atoms with E-state index in [1.54, 1.807) is 11.3 Å². The average molecular weight is 372 g/mol. The largest absolute Gasteiger partial charge is 0.271 e. The van der Waals surface area contributed by atoms with E-state index in [0.717, 1.165) is 6.42 Å². The van der Waals surface area contributed by atoms with Crippen molar-refractivity contribution in [3.8, 4) is 0 Å². The van der Waals surface area contributed by atoms with Crippen LogP contribution in [-0.2, 0) is 6.42 Å². The van der Waals surface area contributed by atoms with Crippen LogP contribution in [0.2, 0.25) is 0 Å². The molecule has 0 radical (unpaired) electrons. The Morgan fingerprint density at radius 2 is 2.06 bits per heavy atom. The standard InChI is InChI=1S/C14H17IN2S/c1-9-3-4-11(5-10(9)2)6-13(17-16)12-7-14(15)18-8-12/h3-5,7-8,13,17H,6,16H2,1-2H3. The van der Waals surface area contributed by atoms with E-state index >= 15 is 0 Å². The summed E-state index contributed by atoms with van der Waals surface area (Å²) in [5.41, 5.74) is 8.18. The Kier molecular flexibility index (Phi) is 4.77. The van der Waals surface area contributed by atoms with Gasteiger partial charge in [0.15, 0.2) is 0 Å². The number of hydrazine groups is 1. The number of nitrogens with one attached hydrogen (secondary N) is 1. The third-order valence-corrected chi connectivity index (χ3v) is 5.01. The number of hydrogen-bond acceptors (Lipinski definition) is 3. The molecule has 2 nitrogen and oxygen atoms in total. The van der Waals surface area contributed by atoms with E-state index in [0.29, 0.717) is 0 Å². The minimum atomic E-state index is 0.187. The monoisotopic (exact) mass is 372 g/mol. The summed E-state index contributed by atoms with van der Waals surface area (Å²) in [5, 5.41) is 2.17. The maximum atomic E-state index is 5.68. The quantitative estimate of drug-likeness (QED) is 0.488. The van der Waals surface area contributed by atoms with Gasteiger partial charge in [-0.3, -0.25) is 11.3 Å². The average Bonchev–Trinajstić information content (AvgIpc) is 2.77. The van der Waals surface area contributed by atoms with Crippen molar-refractivity contribution in [2.45, 2.75) is 26.3 Å². The Morgan fingerprint density at radius 3 is 2.61 bits per heavy atom. The SMILES string of the molecule is Cc1ccc(CC(NN)c2csc(I)c2)cc1C. The van der Waals surface area contributed by atoms with Gasteiger partial charge in [-0.05, 0) is 76.6 Å². The highest BCUT2D eigenvalue weighted by Crippen LogP contribution is 2.25. The number of thiophene rings is 1. The predicted octanol–water partition coefficient (Wildman–Crippen LogP) is 3.72. The van der Waals surface area contributed by atoms with Crippen molar-refractivity contribution in [1.82, 2.24) is 5.43 Å². The van der Waals surface area contributed by atoms with Crippen LogP contribution in [0.25, 0.3) is 0 Å². The van der Waals surface area contributed by atoms with E-state index in [-0.39, 0.29) is 6.04 Å². The topological polar surface area (TPSA) is 38.0 Å². The predicted molar refractivity (Wildman–Crippen MR) is 86.7 cm³/mol. The first-order valence-corrected chi connectivity index (χ1v) is 7.82. The highest BCUT2D eigenvalue weighted by molar-refractivity contribution is 14.1. The van der Waals surface area contributed by atoms with Gasteiger partial charge in [-0.1, -0.05) is 18.2 Å². The number of hydrogen-bond donors (Lipinski definition) is 2. The third-order valence-electron chi connectivity index (χ3n) is 3.20. The van der Waals surface area contributed by atoms with Crippen molar-refractivity contribution in [2.75, 3.05) is 0 Å². The van der Waals surface area contributed by atoms with Gasteiger partial charge in [0.2, 0.25) is 0 Å². The van der Waals surface area contributed by atoms with Gasteiger partial charge in [-0.2, -0.15) is 0 Å². The second kappa shape index (κ2) is 6.14. The minimum Gasteiger partial charge on any atom is -0.271 e. The van der Waals surface area contributed by atoms with Crippen LogP contribution in [0.1, 0.15) is 28.3 Å². The molecule has 0 amide bonds. The first-order valence-electron chi connectivity index (χ1n) is 5.86. The molecule has 1 aromatic carbocycles. The van der Waals surface area contributed by atoms with Gasteiger partial charge >= 0.3 is 0 Å². The number of halogens is 1. The lowest BCUT2D eigenvalue weighted by molar-refractivity contribution is 0.553. The third kappa shape index (κ3) is 3.32. The molecule has 1 heterocycles. The maximum Gasteiger partial charge on any atom is 0.0656 e. The molecule has 0 saturated carbocycles. The fourth-order valence-corrected chi connectivity index (χ4v) is 3.37. The number of aryl methyl sites for hydroxylation is 2. The molecule has 0 fully saturated rings.